The minimum atomic E-state index is -0.629. The van der Waals surface area contributed by atoms with E-state index < -0.39 is 11.9 Å². The molecule has 1 N–H and O–H groups in total. The number of benzene rings is 2. The maximum atomic E-state index is 13.2. The van der Waals surface area contributed by atoms with Crippen molar-refractivity contribution in [1.29, 1.82) is 0 Å². The summed E-state index contributed by atoms with van der Waals surface area (Å²) in [6, 6.07) is 13.5. The molecule has 0 saturated carbocycles. The largest absolute Gasteiger partial charge is 0.444 e. The molecule has 0 atom stereocenters. The van der Waals surface area contributed by atoms with Crippen molar-refractivity contribution in [3.05, 3.63) is 59.9 Å². The van der Waals surface area contributed by atoms with E-state index in [0.717, 1.165) is 5.56 Å². The summed E-state index contributed by atoms with van der Waals surface area (Å²) in [6.07, 6.45) is -0.629. The minimum absolute atomic E-state index is 0.166. The highest BCUT2D eigenvalue weighted by atomic mass is 32.1. The molecule has 2 rings (SSSR count). The number of ether oxygens (including phenoxy) is 1. The van der Waals surface area contributed by atoms with E-state index in [1.807, 2.05) is 30.3 Å². The van der Waals surface area contributed by atoms with Gasteiger partial charge in [-0.15, -0.1) is 12.6 Å². The third-order valence-corrected chi connectivity index (χ3v) is 2.77. The molecule has 0 aliphatic rings. The molecular formula is C14H12FNO2S. The van der Waals surface area contributed by atoms with Crippen molar-refractivity contribution >= 4 is 24.4 Å². The Labute approximate surface area is 115 Å². The molecule has 0 aliphatic heterocycles. The van der Waals surface area contributed by atoms with Gasteiger partial charge in [0, 0.05) is 10.6 Å². The monoisotopic (exact) mass is 277 g/mol. The maximum absolute atomic E-state index is 13.2. The van der Waals surface area contributed by atoms with Gasteiger partial charge in [-0.1, -0.05) is 30.3 Å². The Morgan fingerprint density at radius 3 is 2.63 bits per heavy atom. The number of hydrogen-bond acceptors (Lipinski definition) is 3. The second-order valence-electron chi connectivity index (χ2n) is 3.85. The number of halogens is 1. The van der Waals surface area contributed by atoms with Gasteiger partial charge in [0.2, 0.25) is 0 Å². The number of carbonyl (C=O) groups excluding carboxylic acids is 1. The lowest BCUT2D eigenvalue weighted by molar-refractivity contribution is 0.155. The number of anilines is 1. The van der Waals surface area contributed by atoms with Gasteiger partial charge in [0.1, 0.15) is 12.4 Å². The van der Waals surface area contributed by atoms with Crippen LogP contribution in [0.15, 0.2) is 53.4 Å². The van der Waals surface area contributed by atoms with E-state index in [4.69, 9.17) is 4.74 Å². The molecule has 0 heterocycles. The molecule has 0 aliphatic carbocycles. The maximum Gasteiger partial charge on any atom is 0.411 e. The molecule has 19 heavy (non-hydrogen) atoms. The van der Waals surface area contributed by atoms with Crippen LogP contribution in [0.1, 0.15) is 5.56 Å². The highest BCUT2D eigenvalue weighted by molar-refractivity contribution is 7.80. The lowest BCUT2D eigenvalue weighted by atomic mass is 10.2. The third kappa shape index (κ3) is 3.99. The van der Waals surface area contributed by atoms with E-state index in [-0.39, 0.29) is 11.5 Å². The zero-order chi connectivity index (χ0) is 13.7. The SMILES string of the molecule is O=C(Nc1ccc(S)c(F)c1)OCc1ccccc1. The Kier molecular flexibility index (Phi) is 4.41. The van der Waals surface area contributed by atoms with Gasteiger partial charge in [0.25, 0.3) is 0 Å². The molecule has 98 valence electrons. The number of rotatable bonds is 3. The summed E-state index contributed by atoms with van der Waals surface area (Å²) in [4.78, 5) is 11.7. The highest BCUT2D eigenvalue weighted by Crippen LogP contribution is 2.17. The van der Waals surface area contributed by atoms with E-state index >= 15 is 0 Å². The topological polar surface area (TPSA) is 38.3 Å². The zero-order valence-electron chi connectivity index (χ0n) is 9.97. The number of amides is 1. The first kappa shape index (κ1) is 13.4. The van der Waals surface area contributed by atoms with Crippen LogP contribution >= 0.6 is 12.6 Å². The predicted octanol–water partition coefficient (Wildman–Crippen LogP) is 3.86. The van der Waals surface area contributed by atoms with Gasteiger partial charge in [-0.3, -0.25) is 5.32 Å². The molecule has 0 radical (unpaired) electrons. The molecule has 0 saturated heterocycles. The minimum Gasteiger partial charge on any atom is -0.444 e. The summed E-state index contributed by atoms with van der Waals surface area (Å²) in [5, 5.41) is 2.45. The van der Waals surface area contributed by atoms with Crippen LogP contribution in [0.4, 0.5) is 14.9 Å². The van der Waals surface area contributed by atoms with E-state index in [0.29, 0.717) is 5.69 Å². The van der Waals surface area contributed by atoms with Crippen molar-refractivity contribution < 1.29 is 13.9 Å². The van der Waals surface area contributed by atoms with Crippen LogP contribution in [0.3, 0.4) is 0 Å². The standard InChI is InChI=1S/C14H12FNO2S/c15-12-8-11(6-7-13(12)19)16-14(17)18-9-10-4-2-1-3-5-10/h1-8,19H,9H2,(H,16,17). The Hall–Kier alpha value is -2.01. The molecule has 2 aromatic carbocycles. The van der Waals surface area contributed by atoms with Gasteiger partial charge >= 0.3 is 6.09 Å². The van der Waals surface area contributed by atoms with E-state index in [2.05, 4.69) is 17.9 Å². The van der Waals surface area contributed by atoms with Gasteiger partial charge in [0.15, 0.2) is 0 Å². The Balaban J connectivity index is 1.89. The Morgan fingerprint density at radius 2 is 1.95 bits per heavy atom. The predicted molar refractivity (Wildman–Crippen MR) is 73.9 cm³/mol. The van der Waals surface area contributed by atoms with Gasteiger partial charge in [-0.05, 0) is 23.8 Å². The van der Waals surface area contributed by atoms with Crippen LogP contribution in [0, 0.1) is 5.82 Å². The van der Waals surface area contributed by atoms with Gasteiger partial charge in [-0.25, -0.2) is 9.18 Å². The van der Waals surface area contributed by atoms with Gasteiger partial charge in [0.05, 0.1) is 0 Å². The zero-order valence-corrected chi connectivity index (χ0v) is 10.9. The fourth-order valence-corrected chi connectivity index (χ4v) is 1.60. The van der Waals surface area contributed by atoms with Crippen molar-refractivity contribution in [2.45, 2.75) is 11.5 Å². The smallest absolute Gasteiger partial charge is 0.411 e. The summed E-state index contributed by atoms with van der Waals surface area (Å²) in [5.41, 5.74) is 1.21. The van der Waals surface area contributed by atoms with Crippen LogP contribution in [0.5, 0.6) is 0 Å². The fourth-order valence-electron chi connectivity index (χ4n) is 1.46. The summed E-state index contributed by atoms with van der Waals surface area (Å²) in [5.74, 6) is -0.496. The molecule has 3 nitrogen and oxygen atoms in total. The van der Waals surface area contributed by atoms with Crippen molar-refractivity contribution in [3.63, 3.8) is 0 Å². The molecule has 5 heteroatoms. The first-order valence-corrected chi connectivity index (χ1v) is 6.06. The van der Waals surface area contributed by atoms with Crippen LogP contribution in [0.25, 0.3) is 0 Å². The second kappa shape index (κ2) is 6.24. The first-order chi connectivity index (χ1) is 9.15. The average Bonchev–Trinajstić information content (AvgIpc) is 2.42. The summed E-state index contributed by atoms with van der Waals surface area (Å²) < 4.78 is 18.2. The second-order valence-corrected chi connectivity index (χ2v) is 4.33. The highest BCUT2D eigenvalue weighted by Gasteiger charge is 2.05. The van der Waals surface area contributed by atoms with Gasteiger partial charge in [-0.2, -0.15) is 0 Å². The molecule has 0 spiro atoms. The lowest BCUT2D eigenvalue weighted by Gasteiger charge is -2.07. The molecule has 2 aromatic rings. The van der Waals surface area contributed by atoms with E-state index in [9.17, 15) is 9.18 Å². The van der Waals surface area contributed by atoms with E-state index in [1.165, 1.54) is 12.1 Å². The molecule has 1 amide bonds. The van der Waals surface area contributed by atoms with Crippen LogP contribution in [0.2, 0.25) is 0 Å². The molecule has 0 fully saturated rings. The molecule has 0 unspecified atom stereocenters. The molecule has 0 bridgehead atoms. The Morgan fingerprint density at radius 1 is 1.21 bits per heavy atom. The fraction of sp³-hybridized carbons (Fsp3) is 0.0714. The van der Waals surface area contributed by atoms with Crippen molar-refractivity contribution in [1.82, 2.24) is 0 Å². The van der Waals surface area contributed by atoms with Crippen LogP contribution < -0.4 is 5.32 Å². The number of carbonyl (C=O) groups is 1. The number of thiol groups is 1. The van der Waals surface area contributed by atoms with Crippen LogP contribution in [-0.2, 0) is 11.3 Å². The summed E-state index contributed by atoms with van der Waals surface area (Å²) >= 11 is 3.91. The normalized spacial score (nSPS) is 10.0. The molecule has 0 aromatic heterocycles. The third-order valence-electron chi connectivity index (χ3n) is 2.41. The Bertz CT molecular complexity index is 575. The number of nitrogens with one attached hydrogen (secondary N) is 1. The molecular weight excluding hydrogens is 265 g/mol. The van der Waals surface area contributed by atoms with Gasteiger partial charge < -0.3 is 4.74 Å². The summed E-state index contributed by atoms with van der Waals surface area (Å²) in [6.45, 7) is 0.166. The van der Waals surface area contributed by atoms with Crippen molar-refractivity contribution in [2.24, 2.45) is 0 Å². The average molecular weight is 277 g/mol. The van der Waals surface area contributed by atoms with Crippen molar-refractivity contribution in [3.8, 4) is 0 Å². The quantitative estimate of drug-likeness (QED) is 0.836. The van der Waals surface area contributed by atoms with E-state index in [1.54, 1.807) is 6.07 Å². The lowest BCUT2D eigenvalue weighted by Crippen LogP contribution is -2.13. The first-order valence-electron chi connectivity index (χ1n) is 5.61. The summed E-state index contributed by atoms with van der Waals surface area (Å²) in [7, 11) is 0. The van der Waals surface area contributed by atoms with Crippen LogP contribution in [-0.4, -0.2) is 6.09 Å². The van der Waals surface area contributed by atoms with Crippen molar-refractivity contribution in [2.75, 3.05) is 5.32 Å². The number of hydrogen-bond donors (Lipinski definition) is 2.